The van der Waals surface area contributed by atoms with Gasteiger partial charge in [0.25, 0.3) is 0 Å². The van der Waals surface area contributed by atoms with Crippen LogP contribution >= 0.6 is 0 Å². The molecule has 0 radical (unpaired) electrons. The molecule has 1 aromatic rings. The van der Waals surface area contributed by atoms with Crippen molar-refractivity contribution in [2.24, 2.45) is 0 Å². The quantitative estimate of drug-likeness (QED) is 0.779. The maximum atomic E-state index is 11.8. The van der Waals surface area contributed by atoms with Crippen LogP contribution in [0, 0.1) is 0 Å². The Balaban J connectivity index is 1.60. The zero-order valence-corrected chi connectivity index (χ0v) is 15.1. The predicted octanol–water partition coefficient (Wildman–Crippen LogP) is -0.352. The monoisotopic (exact) mass is 348 g/mol. The van der Waals surface area contributed by atoms with Crippen LogP contribution in [0.4, 0.5) is 11.6 Å². The van der Waals surface area contributed by atoms with Gasteiger partial charge in [-0.2, -0.15) is 0 Å². The first-order valence-electron chi connectivity index (χ1n) is 8.95. The molecule has 0 bridgehead atoms. The first kappa shape index (κ1) is 17.9. The van der Waals surface area contributed by atoms with E-state index in [1.54, 1.807) is 25.3 Å². The van der Waals surface area contributed by atoms with Crippen molar-refractivity contribution in [2.75, 3.05) is 69.8 Å². The zero-order valence-electron chi connectivity index (χ0n) is 15.1. The number of aromatic nitrogens is 2. The Labute approximate surface area is 149 Å². The van der Waals surface area contributed by atoms with Gasteiger partial charge >= 0.3 is 0 Å². The van der Waals surface area contributed by atoms with Gasteiger partial charge in [-0.3, -0.25) is 9.69 Å². The van der Waals surface area contributed by atoms with E-state index in [4.69, 9.17) is 0 Å². The molecule has 3 heterocycles. The number of carbonyl (C=O) groups excluding carboxylic acids is 1. The van der Waals surface area contributed by atoms with E-state index in [0.717, 1.165) is 57.2 Å². The Kier molecular flexibility index (Phi) is 5.70. The summed E-state index contributed by atoms with van der Waals surface area (Å²) in [4.78, 5) is 28.9. The largest absolute Gasteiger partial charge is 0.394 e. The second-order valence-corrected chi connectivity index (χ2v) is 6.96. The van der Waals surface area contributed by atoms with E-state index in [1.165, 1.54) is 0 Å². The van der Waals surface area contributed by atoms with Crippen molar-refractivity contribution in [3.8, 4) is 0 Å². The lowest BCUT2D eigenvalue weighted by molar-refractivity contribution is -0.129. The lowest BCUT2D eigenvalue weighted by Crippen LogP contribution is -2.49. The number of aliphatic hydroxyl groups is 1. The van der Waals surface area contributed by atoms with Crippen LogP contribution in [0.1, 0.15) is 12.8 Å². The van der Waals surface area contributed by atoms with Gasteiger partial charge in [0.2, 0.25) is 5.91 Å². The molecule has 1 aromatic heterocycles. The van der Waals surface area contributed by atoms with Crippen molar-refractivity contribution in [3.63, 3.8) is 0 Å². The Morgan fingerprint density at radius 1 is 1.20 bits per heavy atom. The topological polar surface area (TPSA) is 76.0 Å². The number of hydrogen-bond donors (Lipinski definition) is 1. The number of anilines is 2. The van der Waals surface area contributed by atoms with Gasteiger partial charge in [-0.25, -0.2) is 9.97 Å². The summed E-state index contributed by atoms with van der Waals surface area (Å²) in [7, 11) is 3.58. The minimum Gasteiger partial charge on any atom is -0.394 e. The van der Waals surface area contributed by atoms with Gasteiger partial charge in [0.15, 0.2) is 0 Å². The molecule has 0 spiro atoms. The molecule has 3 rings (SSSR count). The maximum absolute atomic E-state index is 11.8. The fourth-order valence-corrected chi connectivity index (χ4v) is 3.46. The summed E-state index contributed by atoms with van der Waals surface area (Å²) in [6, 6.07) is 2.19. The highest BCUT2D eigenvalue weighted by Crippen LogP contribution is 2.26. The van der Waals surface area contributed by atoms with Crippen LogP contribution in [0.2, 0.25) is 0 Å². The highest BCUT2D eigenvalue weighted by molar-refractivity contribution is 5.77. The third kappa shape index (κ3) is 4.19. The van der Waals surface area contributed by atoms with Crippen LogP contribution in [-0.4, -0.2) is 96.8 Å². The highest BCUT2D eigenvalue weighted by atomic mass is 16.3. The molecule has 0 aliphatic carbocycles. The first-order valence-corrected chi connectivity index (χ1v) is 8.95. The number of carbonyl (C=O) groups is 1. The molecule has 0 unspecified atom stereocenters. The van der Waals surface area contributed by atoms with Crippen LogP contribution in [0.15, 0.2) is 12.4 Å². The molecular weight excluding hydrogens is 320 g/mol. The minimum absolute atomic E-state index is 0.141. The summed E-state index contributed by atoms with van der Waals surface area (Å²) >= 11 is 0. The molecule has 2 aliphatic heterocycles. The van der Waals surface area contributed by atoms with E-state index in [2.05, 4.69) is 24.7 Å². The molecule has 8 nitrogen and oxygen atoms in total. The smallest absolute Gasteiger partial charge is 0.236 e. The SMILES string of the molecule is CN(C)C(=O)CN1CCN(c2cc(N3CCC[C@@H]3CO)ncn2)CC1. The summed E-state index contributed by atoms with van der Waals surface area (Å²) in [6.07, 6.45) is 3.71. The van der Waals surface area contributed by atoms with E-state index < -0.39 is 0 Å². The van der Waals surface area contributed by atoms with Crippen molar-refractivity contribution in [2.45, 2.75) is 18.9 Å². The van der Waals surface area contributed by atoms with E-state index in [1.807, 2.05) is 6.07 Å². The third-order valence-corrected chi connectivity index (χ3v) is 5.07. The molecule has 1 N–H and O–H groups in total. The first-order chi connectivity index (χ1) is 12.1. The zero-order chi connectivity index (χ0) is 17.8. The average molecular weight is 348 g/mol. The number of likely N-dealkylation sites (N-methyl/N-ethyl adjacent to an activating group) is 1. The molecule has 8 heteroatoms. The second-order valence-electron chi connectivity index (χ2n) is 6.96. The van der Waals surface area contributed by atoms with Crippen LogP contribution in [0.5, 0.6) is 0 Å². The summed E-state index contributed by atoms with van der Waals surface area (Å²) < 4.78 is 0. The number of amides is 1. The lowest BCUT2D eigenvalue weighted by Gasteiger charge is -2.35. The molecular formula is C17H28N6O2. The van der Waals surface area contributed by atoms with Crippen molar-refractivity contribution >= 4 is 17.5 Å². The number of rotatable bonds is 5. The predicted molar refractivity (Wildman–Crippen MR) is 96.8 cm³/mol. The van der Waals surface area contributed by atoms with Crippen LogP contribution in [0.3, 0.4) is 0 Å². The van der Waals surface area contributed by atoms with Gasteiger partial charge in [-0.1, -0.05) is 0 Å². The molecule has 0 aromatic carbocycles. The molecule has 0 saturated carbocycles. The standard InChI is InChI=1S/C17H28N6O2/c1-20(2)17(25)11-21-6-8-22(9-7-21)15-10-16(19-13-18-15)23-5-3-4-14(23)12-24/h10,13-14,24H,3-9,11-12H2,1-2H3/t14-/m1/s1. The molecule has 2 fully saturated rings. The molecule has 1 atom stereocenters. The van der Waals surface area contributed by atoms with Crippen molar-refractivity contribution in [3.05, 3.63) is 12.4 Å². The van der Waals surface area contributed by atoms with E-state index in [0.29, 0.717) is 6.54 Å². The van der Waals surface area contributed by atoms with Crippen LogP contribution in [0.25, 0.3) is 0 Å². The molecule has 1 amide bonds. The average Bonchev–Trinajstić information content (AvgIpc) is 3.11. The van der Waals surface area contributed by atoms with Crippen LogP contribution in [-0.2, 0) is 4.79 Å². The van der Waals surface area contributed by atoms with E-state index >= 15 is 0 Å². The molecule has 25 heavy (non-hydrogen) atoms. The van der Waals surface area contributed by atoms with E-state index in [9.17, 15) is 9.90 Å². The molecule has 138 valence electrons. The van der Waals surface area contributed by atoms with Gasteiger partial charge in [0.1, 0.15) is 18.0 Å². The molecule has 2 aliphatic rings. The number of nitrogens with zero attached hydrogens (tertiary/aromatic N) is 6. The number of aliphatic hydroxyl groups excluding tert-OH is 1. The van der Waals surface area contributed by atoms with E-state index in [-0.39, 0.29) is 18.6 Å². The third-order valence-electron chi connectivity index (χ3n) is 5.07. The van der Waals surface area contributed by atoms with Crippen molar-refractivity contribution < 1.29 is 9.90 Å². The normalized spacial score (nSPS) is 21.6. The van der Waals surface area contributed by atoms with Crippen molar-refractivity contribution in [1.29, 1.82) is 0 Å². The second kappa shape index (κ2) is 7.97. The minimum atomic E-state index is 0.141. The van der Waals surface area contributed by atoms with Gasteiger partial charge in [0.05, 0.1) is 19.2 Å². The van der Waals surface area contributed by atoms with Gasteiger partial charge < -0.3 is 19.8 Å². The summed E-state index contributed by atoms with van der Waals surface area (Å²) in [5.74, 6) is 1.96. The Hall–Kier alpha value is -1.93. The lowest BCUT2D eigenvalue weighted by atomic mass is 10.2. The number of hydrogen-bond acceptors (Lipinski definition) is 7. The Morgan fingerprint density at radius 2 is 1.92 bits per heavy atom. The summed E-state index contributed by atoms with van der Waals surface area (Å²) in [5, 5.41) is 9.52. The highest BCUT2D eigenvalue weighted by Gasteiger charge is 2.26. The maximum Gasteiger partial charge on any atom is 0.236 e. The van der Waals surface area contributed by atoms with Crippen molar-refractivity contribution in [1.82, 2.24) is 19.8 Å². The van der Waals surface area contributed by atoms with Gasteiger partial charge in [-0.05, 0) is 12.8 Å². The van der Waals surface area contributed by atoms with Crippen LogP contribution < -0.4 is 9.80 Å². The van der Waals surface area contributed by atoms with Gasteiger partial charge in [-0.15, -0.1) is 0 Å². The number of piperazine rings is 1. The fourth-order valence-electron chi connectivity index (χ4n) is 3.46. The summed E-state index contributed by atoms with van der Waals surface area (Å²) in [5.41, 5.74) is 0. The van der Waals surface area contributed by atoms with Gasteiger partial charge in [0, 0.05) is 52.9 Å². The summed E-state index contributed by atoms with van der Waals surface area (Å²) in [6.45, 7) is 4.97. The Bertz CT molecular complexity index is 588. The fraction of sp³-hybridized carbons (Fsp3) is 0.706. The molecule has 2 saturated heterocycles. The Morgan fingerprint density at radius 3 is 2.60 bits per heavy atom.